The van der Waals surface area contributed by atoms with E-state index in [4.69, 9.17) is 23.2 Å². The van der Waals surface area contributed by atoms with Crippen LogP contribution in [0.15, 0.2) is 48.5 Å². The van der Waals surface area contributed by atoms with Crippen LogP contribution in [0, 0.1) is 0 Å². The molecular weight excluding hydrogens is 477 g/mol. The molecule has 3 N–H and O–H groups in total. The van der Waals surface area contributed by atoms with E-state index in [0.29, 0.717) is 19.6 Å². The Labute approximate surface area is 208 Å². The van der Waals surface area contributed by atoms with Gasteiger partial charge in [-0.3, -0.25) is 4.79 Å². The number of halogens is 2. The first-order valence-corrected chi connectivity index (χ1v) is 11.8. The van der Waals surface area contributed by atoms with Crippen molar-refractivity contribution in [2.24, 2.45) is 0 Å². The van der Waals surface area contributed by atoms with E-state index in [2.05, 4.69) is 10.6 Å². The lowest BCUT2D eigenvalue weighted by Gasteiger charge is -2.27. The van der Waals surface area contributed by atoms with Gasteiger partial charge in [0.1, 0.15) is 6.04 Å². The smallest absolute Gasteiger partial charge is 0.326 e. The van der Waals surface area contributed by atoms with E-state index < -0.39 is 17.9 Å². The number of carbonyl (C=O) groups is 3. The van der Waals surface area contributed by atoms with Crippen molar-refractivity contribution >= 4 is 46.7 Å². The highest BCUT2D eigenvalue weighted by molar-refractivity contribution is 6.39. The maximum absolute atomic E-state index is 12.6. The summed E-state index contributed by atoms with van der Waals surface area (Å²) < 4.78 is 0. The Hall–Kier alpha value is -3.03. The van der Waals surface area contributed by atoms with Crippen molar-refractivity contribution in [2.45, 2.75) is 32.2 Å². The fraction of sp³-hybridized carbons (Fsp3) is 0.320. The first-order valence-electron chi connectivity index (χ1n) is 11.1. The molecule has 34 heavy (non-hydrogen) atoms. The average molecular weight is 504 g/mol. The predicted octanol–water partition coefficient (Wildman–Crippen LogP) is 4.63. The minimum Gasteiger partial charge on any atom is -0.480 e. The minimum atomic E-state index is -1.16. The second-order valence-corrected chi connectivity index (χ2v) is 8.83. The first kappa shape index (κ1) is 25.6. The Balaban J connectivity index is 1.63. The molecule has 2 aromatic rings. The number of hydrogen-bond acceptors (Lipinski definition) is 3. The fourth-order valence-corrected chi connectivity index (χ4v) is 4.26. The summed E-state index contributed by atoms with van der Waals surface area (Å²) in [7, 11) is 0. The zero-order chi connectivity index (χ0) is 24.7. The van der Waals surface area contributed by atoms with Crippen LogP contribution >= 0.6 is 23.2 Å². The summed E-state index contributed by atoms with van der Waals surface area (Å²) in [4.78, 5) is 38.3. The molecule has 0 aliphatic carbocycles. The Morgan fingerprint density at radius 1 is 1.09 bits per heavy atom. The largest absolute Gasteiger partial charge is 0.480 e. The van der Waals surface area contributed by atoms with Gasteiger partial charge >= 0.3 is 12.0 Å². The molecule has 1 aliphatic heterocycles. The standard InChI is InChI=1S/C25H27Cl2N3O4/c1-2-12-28-25(34)30-13-10-18(11-14-30)17-8-6-16(7-9-17)15-21(24(32)33)29-23(31)22-19(26)4-3-5-20(22)27/h3-10,21H,2,11-15H2,1H3,(H,28,34)(H,29,31)(H,32,33)/t21-/m0/s1. The van der Waals surface area contributed by atoms with Crippen LogP contribution in [0.5, 0.6) is 0 Å². The Bertz CT molecular complexity index is 1070. The zero-order valence-corrected chi connectivity index (χ0v) is 20.3. The monoisotopic (exact) mass is 503 g/mol. The topological polar surface area (TPSA) is 98.7 Å². The van der Waals surface area contributed by atoms with E-state index in [1.165, 1.54) is 12.1 Å². The molecule has 180 valence electrons. The zero-order valence-electron chi connectivity index (χ0n) is 18.8. The van der Waals surface area contributed by atoms with E-state index in [9.17, 15) is 19.5 Å². The number of aliphatic carboxylic acids is 1. The minimum absolute atomic E-state index is 0.0488. The summed E-state index contributed by atoms with van der Waals surface area (Å²) in [5, 5.41) is 15.3. The molecule has 7 nitrogen and oxygen atoms in total. The van der Waals surface area contributed by atoms with Gasteiger partial charge in [0.2, 0.25) is 0 Å². The van der Waals surface area contributed by atoms with Crippen LogP contribution in [-0.2, 0) is 11.2 Å². The van der Waals surface area contributed by atoms with Gasteiger partial charge in [-0.05, 0) is 41.7 Å². The lowest BCUT2D eigenvalue weighted by Crippen LogP contribution is -2.42. The van der Waals surface area contributed by atoms with Crippen molar-refractivity contribution in [2.75, 3.05) is 19.6 Å². The van der Waals surface area contributed by atoms with E-state index >= 15 is 0 Å². The van der Waals surface area contributed by atoms with Crippen LogP contribution < -0.4 is 10.6 Å². The van der Waals surface area contributed by atoms with Crippen LogP contribution in [0.1, 0.15) is 41.3 Å². The second-order valence-electron chi connectivity index (χ2n) is 8.02. The van der Waals surface area contributed by atoms with E-state index in [-0.39, 0.29) is 28.1 Å². The van der Waals surface area contributed by atoms with Crippen LogP contribution in [0.4, 0.5) is 4.79 Å². The Morgan fingerprint density at radius 3 is 2.32 bits per heavy atom. The van der Waals surface area contributed by atoms with E-state index in [0.717, 1.165) is 29.5 Å². The van der Waals surface area contributed by atoms with Crippen molar-refractivity contribution in [1.29, 1.82) is 0 Å². The SMILES string of the molecule is CCCNC(=O)N1CC=C(c2ccc(C[C@H](NC(=O)c3c(Cl)cccc3Cl)C(=O)O)cc2)CC1. The first-order chi connectivity index (χ1) is 16.3. The van der Waals surface area contributed by atoms with Gasteiger partial charge in [0, 0.05) is 26.1 Å². The molecule has 0 spiro atoms. The highest BCUT2D eigenvalue weighted by Gasteiger charge is 2.24. The number of carbonyl (C=O) groups excluding carboxylic acids is 2. The van der Waals surface area contributed by atoms with E-state index in [1.807, 2.05) is 37.3 Å². The molecule has 0 saturated heterocycles. The van der Waals surface area contributed by atoms with Gasteiger partial charge in [-0.1, -0.05) is 66.5 Å². The second kappa shape index (κ2) is 11.9. The molecule has 1 heterocycles. The molecule has 0 saturated carbocycles. The van der Waals surface area contributed by atoms with Crippen LogP contribution in [0.3, 0.4) is 0 Å². The van der Waals surface area contributed by atoms with Gasteiger partial charge in [0.15, 0.2) is 0 Å². The molecule has 3 amide bonds. The van der Waals surface area contributed by atoms with Gasteiger partial charge in [0.25, 0.3) is 5.91 Å². The molecule has 0 radical (unpaired) electrons. The Morgan fingerprint density at radius 2 is 1.76 bits per heavy atom. The number of hydrogen-bond donors (Lipinski definition) is 3. The predicted molar refractivity (Wildman–Crippen MR) is 133 cm³/mol. The van der Waals surface area contributed by atoms with Crippen molar-refractivity contribution in [3.63, 3.8) is 0 Å². The molecule has 9 heteroatoms. The molecule has 1 aliphatic rings. The normalized spacial score (nSPS) is 14.2. The summed E-state index contributed by atoms with van der Waals surface area (Å²) in [5.74, 6) is -1.79. The molecule has 0 unspecified atom stereocenters. The molecule has 0 aromatic heterocycles. The maximum atomic E-state index is 12.6. The van der Waals surface area contributed by atoms with Gasteiger partial charge in [-0.2, -0.15) is 0 Å². The number of benzene rings is 2. The fourth-order valence-electron chi connectivity index (χ4n) is 3.70. The third-order valence-corrected chi connectivity index (χ3v) is 6.21. The summed E-state index contributed by atoms with van der Waals surface area (Å²) in [6.45, 7) is 3.86. The lowest BCUT2D eigenvalue weighted by atomic mass is 9.97. The van der Waals surface area contributed by atoms with Crippen molar-refractivity contribution in [3.05, 3.63) is 75.3 Å². The Kier molecular flexibility index (Phi) is 8.96. The third kappa shape index (κ3) is 6.52. The molecular formula is C25H27Cl2N3O4. The van der Waals surface area contributed by atoms with Gasteiger partial charge in [-0.15, -0.1) is 0 Å². The summed E-state index contributed by atoms with van der Waals surface area (Å²) in [5.41, 5.74) is 2.98. The quantitative estimate of drug-likeness (QED) is 0.488. The molecule has 1 atom stereocenters. The molecule has 3 rings (SSSR count). The van der Waals surface area contributed by atoms with Crippen LogP contribution in [-0.4, -0.2) is 53.6 Å². The highest BCUT2D eigenvalue weighted by atomic mass is 35.5. The lowest BCUT2D eigenvalue weighted by molar-refractivity contribution is -0.139. The van der Waals surface area contributed by atoms with Crippen LogP contribution in [0.2, 0.25) is 10.0 Å². The average Bonchev–Trinajstić information content (AvgIpc) is 2.82. The number of amides is 3. The number of carboxylic acid groups (broad SMARTS) is 1. The van der Waals surface area contributed by atoms with Crippen molar-refractivity contribution < 1.29 is 19.5 Å². The number of nitrogens with one attached hydrogen (secondary N) is 2. The summed E-state index contributed by atoms with van der Waals surface area (Å²) in [6, 6.07) is 11.0. The molecule has 2 aromatic carbocycles. The third-order valence-electron chi connectivity index (χ3n) is 5.58. The van der Waals surface area contributed by atoms with E-state index in [1.54, 1.807) is 11.0 Å². The van der Waals surface area contributed by atoms with Crippen molar-refractivity contribution in [3.8, 4) is 0 Å². The number of carboxylic acids is 1. The van der Waals surface area contributed by atoms with Gasteiger partial charge < -0.3 is 20.6 Å². The highest BCUT2D eigenvalue weighted by Crippen LogP contribution is 2.25. The molecule has 0 fully saturated rings. The van der Waals surface area contributed by atoms with Crippen LogP contribution in [0.25, 0.3) is 5.57 Å². The number of nitrogens with zero attached hydrogens (tertiary/aromatic N) is 1. The molecule has 0 bridgehead atoms. The maximum Gasteiger partial charge on any atom is 0.326 e. The van der Waals surface area contributed by atoms with Gasteiger partial charge in [-0.25, -0.2) is 9.59 Å². The number of rotatable bonds is 8. The van der Waals surface area contributed by atoms with Crippen molar-refractivity contribution in [1.82, 2.24) is 15.5 Å². The number of urea groups is 1. The van der Waals surface area contributed by atoms with Gasteiger partial charge in [0.05, 0.1) is 15.6 Å². The summed E-state index contributed by atoms with van der Waals surface area (Å²) >= 11 is 12.1. The summed E-state index contributed by atoms with van der Waals surface area (Å²) in [6.07, 6.45) is 3.78.